The van der Waals surface area contributed by atoms with Gasteiger partial charge in [-0.05, 0) is 31.0 Å². The van der Waals surface area contributed by atoms with Crippen molar-refractivity contribution in [2.45, 2.75) is 32.9 Å². The molecule has 128 valence electrons. The smallest absolute Gasteiger partial charge is 0.272 e. The van der Waals surface area contributed by atoms with Crippen molar-refractivity contribution in [1.82, 2.24) is 20.5 Å². The molecule has 0 aromatic carbocycles. The second kappa shape index (κ2) is 7.44. The lowest BCUT2D eigenvalue weighted by atomic mass is 10.2. The molecule has 1 saturated heterocycles. The number of nitrogens with one attached hydrogen (secondary N) is 2. The number of morpholine rings is 1. The lowest BCUT2D eigenvalue weighted by Crippen LogP contribution is -2.41. The molecular formula is C17H23N5O2. The molecule has 0 spiro atoms. The highest BCUT2D eigenvalue weighted by molar-refractivity contribution is 5.92. The molecule has 1 amide bonds. The van der Waals surface area contributed by atoms with E-state index < -0.39 is 0 Å². The zero-order chi connectivity index (χ0) is 16.9. The fourth-order valence-corrected chi connectivity index (χ4v) is 2.67. The SMILES string of the molecule is CCc1cc(C(=O)NCc2ccc(N3CCOC(C)C3)nc2)n[nH]1. The molecule has 0 bridgehead atoms. The van der Waals surface area contributed by atoms with Gasteiger partial charge in [0, 0.05) is 31.5 Å². The average molecular weight is 329 g/mol. The first-order chi connectivity index (χ1) is 11.7. The highest BCUT2D eigenvalue weighted by Crippen LogP contribution is 2.15. The van der Waals surface area contributed by atoms with Gasteiger partial charge in [-0.2, -0.15) is 5.10 Å². The fraction of sp³-hybridized carbons (Fsp3) is 0.471. The number of hydrogen-bond donors (Lipinski definition) is 2. The second-order valence-corrected chi connectivity index (χ2v) is 5.97. The number of anilines is 1. The van der Waals surface area contributed by atoms with Gasteiger partial charge in [-0.15, -0.1) is 0 Å². The Morgan fingerprint density at radius 3 is 3.04 bits per heavy atom. The summed E-state index contributed by atoms with van der Waals surface area (Å²) in [6.07, 6.45) is 2.85. The highest BCUT2D eigenvalue weighted by atomic mass is 16.5. The third-order valence-electron chi connectivity index (χ3n) is 4.07. The third kappa shape index (κ3) is 3.91. The Morgan fingerprint density at radius 1 is 1.50 bits per heavy atom. The molecule has 0 saturated carbocycles. The number of aryl methyl sites for hydroxylation is 1. The molecule has 0 aliphatic carbocycles. The van der Waals surface area contributed by atoms with Gasteiger partial charge in [0.15, 0.2) is 0 Å². The summed E-state index contributed by atoms with van der Waals surface area (Å²) in [5, 5.41) is 9.72. The Balaban J connectivity index is 1.55. The van der Waals surface area contributed by atoms with E-state index in [4.69, 9.17) is 4.74 Å². The average Bonchev–Trinajstić information content (AvgIpc) is 3.09. The van der Waals surface area contributed by atoms with Crippen molar-refractivity contribution < 1.29 is 9.53 Å². The van der Waals surface area contributed by atoms with Crippen LogP contribution in [0.2, 0.25) is 0 Å². The van der Waals surface area contributed by atoms with Crippen LogP contribution < -0.4 is 10.2 Å². The summed E-state index contributed by atoms with van der Waals surface area (Å²) in [4.78, 5) is 18.8. The van der Waals surface area contributed by atoms with E-state index in [1.165, 1.54) is 0 Å². The van der Waals surface area contributed by atoms with Gasteiger partial charge >= 0.3 is 0 Å². The van der Waals surface area contributed by atoms with Crippen molar-refractivity contribution in [3.05, 3.63) is 41.3 Å². The second-order valence-electron chi connectivity index (χ2n) is 5.97. The molecule has 1 aliphatic rings. The molecule has 7 nitrogen and oxygen atoms in total. The normalized spacial score (nSPS) is 17.8. The number of ether oxygens (including phenoxy) is 1. The van der Waals surface area contributed by atoms with Crippen molar-refractivity contribution in [2.24, 2.45) is 0 Å². The fourth-order valence-electron chi connectivity index (χ4n) is 2.67. The van der Waals surface area contributed by atoms with E-state index >= 15 is 0 Å². The first-order valence-corrected chi connectivity index (χ1v) is 8.29. The molecular weight excluding hydrogens is 306 g/mol. The highest BCUT2D eigenvalue weighted by Gasteiger charge is 2.17. The number of hydrogen-bond acceptors (Lipinski definition) is 5. The number of carbonyl (C=O) groups excluding carboxylic acids is 1. The zero-order valence-electron chi connectivity index (χ0n) is 14.1. The van der Waals surface area contributed by atoms with Crippen LogP contribution in [0.25, 0.3) is 0 Å². The van der Waals surface area contributed by atoms with Crippen molar-refractivity contribution >= 4 is 11.7 Å². The van der Waals surface area contributed by atoms with Gasteiger partial charge < -0.3 is 15.0 Å². The quantitative estimate of drug-likeness (QED) is 0.869. The minimum Gasteiger partial charge on any atom is -0.375 e. The number of rotatable bonds is 5. The van der Waals surface area contributed by atoms with Crippen LogP contribution in [0.4, 0.5) is 5.82 Å². The first-order valence-electron chi connectivity index (χ1n) is 8.29. The number of aromatic nitrogens is 3. The molecule has 1 unspecified atom stereocenters. The lowest BCUT2D eigenvalue weighted by molar-refractivity contribution is 0.0529. The Labute approximate surface area is 141 Å². The predicted octanol–water partition coefficient (Wildman–Crippen LogP) is 1.52. The summed E-state index contributed by atoms with van der Waals surface area (Å²) in [5.74, 6) is 0.761. The first kappa shape index (κ1) is 16.4. The van der Waals surface area contributed by atoms with Gasteiger partial charge in [-0.1, -0.05) is 13.0 Å². The van der Waals surface area contributed by atoms with Gasteiger partial charge in [0.1, 0.15) is 11.5 Å². The van der Waals surface area contributed by atoms with Gasteiger partial charge in [0.05, 0.1) is 12.7 Å². The van der Waals surface area contributed by atoms with Crippen LogP contribution in [0, 0.1) is 0 Å². The maximum atomic E-state index is 12.1. The van der Waals surface area contributed by atoms with Gasteiger partial charge in [-0.25, -0.2) is 4.98 Å². The molecule has 2 N–H and O–H groups in total. The van der Waals surface area contributed by atoms with Gasteiger partial charge in [0.2, 0.25) is 0 Å². The van der Waals surface area contributed by atoms with E-state index in [0.29, 0.717) is 12.2 Å². The Bertz CT molecular complexity index is 683. The van der Waals surface area contributed by atoms with Crippen LogP contribution in [0.15, 0.2) is 24.4 Å². The van der Waals surface area contributed by atoms with Crippen molar-refractivity contribution in [3.8, 4) is 0 Å². The van der Waals surface area contributed by atoms with Gasteiger partial charge in [0.25, 0.3) is 5.91 Å². The van der Waals surface area contributed by atoms with Crippen LogP contribution in [-0.2, 0) is 17.7 Å². The number of carbonyl (C=O) groups is 1. The maximum absolute atomic E-state index is 12.1. The van der Waals surface area contributed by atoms with Crippen LogP contribution in [-0.4, -0.2) is 46.9 Å². The number of aromatic amines is 1. The van der Waals surface area contributed by atoms with E-state index in [0.717, 1.165) is 43.2 Å². The molecule has 2 aromatic heterocycles. The molecule has 1 fully saturated rings. The summed E-state index contributed by atoms with van der Waals surface area (Å²) >= 11 is 0. The monoisotopic (exact) mass is 329 g/mol. The van der Waals surface area contributed by atoms with E-state index in [2.05, 4.69) is 32.3 Å². The number of pyridine rings is 1. The molecule has 3 heterocycles. The molecule has 1 atom stereocenters. The van der Waals surface area contributed by atoms with E-state index in [-0.39, 0.29) is 12.0 Å². The predicted molar refractivity (Wildman–Crippen MR) is 91.0 cm³/mol. The van der Waals surface area contributed by atoms with Gasteiger partial charge in [-0.3, -0.25) is 9.89 Å². The van der Waals surface area contributed by atoms with Crippen molar-refractivity contribution in [2.75, 3.05) is 24.6 Å². The minimum absolute atomic E-state index is 0.183. The topological polar surface area (TPSA) is 83.1 Å². The molecule has 2 aromatic rings. The number of amides is 1. The molecule has 7 heteroatoms. The van der Waals surface area contributed by atoms with E-state index in [1.807, 2.05) is 19.1 Å². The largest absolute Gasteiger partial charge is 0.375 e. The van der Waals surface area contributed by atoms with E-state index in [9.17, 15) is 4.79 Å². The van der Waals surface area contributed by atoms with Crippen LogP contribution in [0.1, 0.15) is 35.6 Å². The summed E-state index contributed by atoms with van der Waals surface area (Å²) in [5.41, 5.74) is 2.32. The zero-order valence-corrected chi connectivity index (χ0v) is 14.1. The Kier molecular flexibility index (Phi) is 5.10. The number of nitrogens with zero attached hydrogens (tertiary/aromatic N) is 3. The lowest BCUT2D eigenvalue weighted by Gasteiger charge is -2.32. The van der Waals surface area contributed by atoms with Crippen LogP contribution >= 0.6 is 0 Å². The Hall–Kier alpha value is -2.41. The summed E-state index contributed by atoms with van der Waals surface area (Å²) in [6.45, 7) is 6.94. The summed E-state index contributed by atoms with van der Waals surface area (Å²) < 4.78 is 5.54. The molecule has 3 rings (SSSR count). The Morgan fingerprint density at radius 2 is 2.38 bits per heavy atom. The van der Waals surface area contributed by atoms with E-state index in [1.54, 1.807) is 12.3 Å². The molecule has 0 radical (unpaired) electrons. The minimum atomic E-state index is -0.183. The van der Waals surface area contributed by atoms with Crippen molar-refractivity contribution in [1.29, 1.82) is 0 Å². The maximum Gasteiger partial charge on any atom is 0.272 e. The van der Waals surface area contributed by atoms with Crippen LogP contribution in [0.5, 0.6) is 0 Å². The van der Waals surface area contributed by atoms with Crippen LogP contribution in [0.3, 0.4) is 0 Å². The molecule has 24 heavy (non-hydrogen) atoms. The standard InChI is InChI=1S/C17H23N5O2/c1-3-14-8-15(21-20-14)17(23)19-10-13-4-5-16(18-9-13)22-6-7-24-12(2)11-22/h4-5,8-9,12H,3,6-7,10-11H2,1-2H3,(H,19,23)(H,20,21). The van der Waals surface area contributed by atoms with Crippen molar-refractivity contribution in [3.63, 3.8) is 0 Å². The third-order valence-corrected chi connectivity index (χ3v) is 4.07. The number of H-pyrrole nitrogens is 1. The molecule has 1 aliphatic heterocycles. The summed E-state index contributed by atoms with van der Waals surface area (Å²) in [6, 6.07) is 5.75. The summed E-state index contributed by atoms with van der Waals surface area (Å²) in [7, 11) is 0.